The Labute approximate surface area is 269 Å². The first-order chi connectivity index (χ1) is 22.0. The van der Waals surface area contributed by atoms with Crippen molar-refractivity contribution in [2.24, 2.45) is 4.99 Å². The minimum absolute atomic E-state index is 0.0787. The number of carbonyl (C=O) groups is 2. The highest BCUT2D eigenvalue weighted by Crippen LogP contribution is 2.49. The predicted molar refractivity (Wildman–Crippen MR) is 178 cm³/mol. The monoisotopic (exact) mass is 653 g/mol. The molecule has 254 valence electrons. The van der Waals surface area contributed by atoms with Crippen molar-refractivity contribution in [3.8, 4) is 0 Å². The van der Waals surface area contributed by atoms with E-state index < -0.39 is 38.2 Å². The molecule has 1 aromatic rings. The molecule has 2 amide bonds. The second-order valence-electron chi connectivity index (χ2n) is 11.4. The SMILES string of the molecule is [2H]C[C@H]1O[C@@H](n2cc(/C=C/C(=O)NCCCCCCNC(=O)CCC)c(=O)[nH]c2=O)C[C@H]1OP(OC=NCC)N(C(C)C)C(C)C. The van der Waals surface area contributed by atoms with E-state index in [9.17, 15) is 19.2 Å². The molecule has 0 aliphatic carbocycles. The van der Waals surface area contributed by atoms with Crippen LogP contribution in [0.1, 0.15) is 107 Å². The minimum Gasteiger partial charge on any atom is -0.425 e. The number of nitrogens with one attached hydrogen (secondary N) is 3. The third-order valence-electron chi connectivity index (χ3n) is 6.97. The smallest absolute Gasteiger partial charge is 0.330 e. The Morgan fingerprint density at radius 3 is 2.49 bits per heavy atom. The van der Waals surface area contributed by atoms with Gasteiger partial charge in [0.25, 0.3) is 5.56 Å². The maximum atomic E-state index is 12.8. The summed E-state index contributed by atoms with van der Waals surface area (Å²) in [6.07, 6.45) is 8.56. The van der Waals surface area contributed by atoms with Gasteiger partial charge in [0.05, 0.1) is 17.8 Å². The molecule has 1 fully saturated rings. The number of hydrogen-bond donors (Lipinski definition) is 3. The van der Waals surface area contributed by atoms with Crippen LogP contribution >= 0.6 is 8.53 Å². The van der Waals surface area contributed by atoms with Gasteiger partial charge in [-0.15, -0.1) is 0 Å². The summed E-state index contributed by atoms with van der Waals surface area (Å²) in [5, 5.41) is 5.69. The first-order valence-electron chi connectivity index (χ1n) is 16.7. The van der Waals surface area contributed by atoms with Gasteiger partial charge in [0, 0.05) is 58.2 Å². The Bertz CT molecular complexity index is 1250. The Balaban J connectivity index is 2.01. The predicted octanol–water partition coefficient (Wildman–Crippen LogP) is 4.25. The molecule has 0 aromatic carbocycles. The summed E-state index contributed by atoms with van der Waals surface area (Å²) in [5.74, 6) is -0.279. The molecule has 1 unspecified atom stereocenters. The van der Waals surface area contributed by atoms with E-state index in [1.54, 1.807) is 0 Å². The molecular weight excluding hydrogens is 599 g/mol. The van der Waals surface area contributed by atoms with E-state index in [4.69, 9.17) is 15.2 Å². The van der Waals surface area contributed by atoms with Gasteiger partial charge < -0.3 is 24.4 Å². The topological polar surface area (TPSA) is 156 Å². The fraction of sp³-hybridized carbons (Fsp3) is 0.710. The Morgan fingerprint density at radius 1 is 1.18 bits per heavy atom. The molecule has 4 atom stereocenters. The zero-order valence-electron chi connectivity index (χ0n) is 28.6. The number of carbonyl (C=O) groups excluding carboxylic acids is 2. The highest BCUT2D eigenvalue weighted by atomic mass is 31.2. The molecule has 13 nitrogen and oxygen atoms in total. The molecule has 0 saturated carbocycles. The average Bonchev–Trinajstić information content (AvgIpc) is 3.40. The van der Waals surface area contributed by atoms with Gasteiger partial charge in [-0.25, -0.2) is 9.46 Å². The van der Waals surface area contributed by atoms with Crippen molar-refractivity contribution < 1.29 is 24.7 Å². The molecule has 3 N–H and O–H groups in total. The first-order valence-corrected chi connectivity index (χ1v) is 17.1. The van der Waals surface area contributed by atoms with E-state index >= 15 is 0 Å². The molecule has 0 spiro atoms. The molecule has 2 heterocycles. The zero-order valence-corrected chi connectivity index (χ0v) is 28.5. The van der Waals surface area contributed by atoms with Gasteiger partial charge in [-0.1, -0.05) is 19.8 Å². The Morgan fingerprint density at radius 2 is 1.87 bits per heavy atom. The molecule has 14 heteroatoms. The van der Waals surface area contributed by atoms with Crippen molar-refractivity contribution in [2.75, 3.05) is 19.6 Å². The molecule has 1 saturated heterocycles. The van der Waals surface area contributed by atoms with Crippen LogP contribution in [0, 0.1) is 0 Å². The van der Waals surface area contributed by atoms with Crippen LogP contribution < -0.4 is 21.9 Å². The highest BCUT2D eigenvalue weighted by Gasteiger charge is 2.39. The summed E-state index contributed by atoms with van der Waals surface area (Å²) >= 11 is 0. The van der Waals surface area contributed by atoms with Crippen molar-refractivity contribution in [3.05, 3.63) is 38.7 Å². The van der Waals surface area contributed by atoms with Crippen molar-refractivity contribution in [2.45, 2.75) is 124 Å². The van der Waals surface area contributed by atoms with Crippen LogP contribution in [-0.2, 0) is 23.4 Å². The maximum Gasteiger partial charge on any atom is 0.330 e. The van der Waals surface area contributed by atoms with Crippen LogP contribution in [0.3, 0.4) is 0 Å². The standard InChI is InChI=1S/C31H53N6O7P/c1-8-14-27(38)33-17-12-10-11-13-18-34-28(39)16-15-25-20-36(31(41)35-30(25)40)29-19-26(24(7)43-29)44-45(42-21-32-9-2)37(22(3)4)23(5)6/h15-16,20-24,26,29H,8-14,17-19H2,1-7H3,(H,33,38)(H,34,39)(H,35,40,41)/b16-15+,32-21?/t24-,26-,29-,45?/m1/s1/i7D. The number of hydrogen-bond acceptors (Lipinski definition) is 9. The lowest BCUT2D eigenvalue weighted by Gasteiger charge is -2.36. The van der Waals surface area contributed by atoms with Crippen LogP contribution in [0.15, 0.2) is 26.9 Å². The molecule has 1 aliphatic heterocycles. The quantitative estimate of drug-likeness (QED) is 0.0620. The largest absolute Gasteiger partial charge is 0.425 e. The lowest BCUT2D eigenvalue weighted by molar-refractivity contribution is -0.121. The molecule has 2 rings (SSSR count). The fourth-order valence-corrected chi connectivity index (χ4v) is 6.40. The van der Waals surface area contributed by atoms with E-state index in [2.05, 4.69) is 25.3 Å². The summed E-state index contributed by atoms with van der Waals surface area (Å²) in [4.78, 5) is 55.6. The number of ether oxygens (including phenoxy) is 1. The Hall–Kier alpha value is -2.86. The number of H-pyrrole nitrogens is 1. The summed E-state index contributed by atoms with van der Waals surface area (Å²) in [6.45, 7) is 13.7. The summed E-state index contributed by atoms with van der Waals surface area (Å²) < 4.78 is 29.8. The molecule has 0 bridgehead atoms. The second-order valence-corrected chi connectivity index (χ2v) is 12.8. The summed E-state index contributed by atoms with van der Waals surface area (Å²) in [5.41, 5.74) is -1.18. The molecular formula is C31H53N6O7P. The van der Waals surface area contributed by atoms with Crippen molar-refractivity contribution in [1.82, 2.24) is 24.9 Å². The van der Waals surface area contributed by atoms with Crippen LogP contribution in [0.5, 0.6) is 0 Å². The average molecular weight is 654 g/mol. The van der Waals surface area contributed by atoms with E-state index in [0.29, 0.717) is 26.1 Å². The molecule has 0 radical (unpaired) electrons. The molecule has 1 aromatic heterocycles. The number of aromatic amines is 1. The van der Waals surface area contributed by atoms with Gasteiger partial charge >= 0.3 is 14.2 Å². The number of nitrogens with zero attached hydrogens (tertiary/aromatic N) is 3. The van der Waals surface area contributed by atoms with Crippen molar-refractivity contribution in [1.29, 1.82) is 0 Å². The van der Waals surface area contributed by atoms with Crippen molar-refractivity contribution in [3.63, 3.8) is 0 Å². The summed E-state index contributed by atoms with van der Waals surface area (Å²) in [7, 11) is -1.59. The first kappa shape index (κ1) is 36.6. The number of amides is 2. The van der Waals surface area contributed by atoms with Crippen LogP contribution in [0.4, 0.5) is 0 Å². The highest BCUT2D eigenvalue weighted by molar-refractivity contribution is 7.45. The van der Waals surface area contributed by atoms with Crippen LogP contribution in [0.2, 0.25) is 0 Å². The van der Waals surface area contributed by atoms with Crippen LogP contribution in [-0.4, -0.2) is 76.4 Å². The molecule has 1 aliphatic rings. The zero-order chi connectivity index (χ0) is 34.1. The van der Waals surface area contributed by atoms with E-state index in [1.807, 2.05) is 41.5 Å². The number of rotatable bonds is 20. The van der Waals surface area contributed by atoms with Gasteiger partial charge in [-0.2, -0.15) is 0 Å². The van der Waals surface area contributed by atoms with Gasteiger partial charge in [-0.3, -0.25) is 28.9 Å². The third kappa shape index (κ3) is 13.2. The summed E-state index contributed by atoms with van der Waals surface area (Å²) in [6, 6.07) is 0.218. The van der Waals surface area contributed by atoms with Gasteiger partial charge in [-0.05, 0) is 66.9 Å². The van der Waals surface area contributed by atoms with Crippen molar-refractivity contribution >= 4 is 32.8 Å². The van der Waals surface area contributed by atoms with Crippen LogP contribution in [0.25, 0.3) is 6.08 Å². The lowest BCUT2D eigenvalue weighted by Crippen LogP contribution is -2.35. The normalized spacial score (nSPS) is 19.6. The minimum atomic E-state index is -1.59. The van der Waals surface area contributed by atoms with Gasteiger partial charge in [0.1, 0.15) is 6.23 Å². The third-order valence-corrected chi connectivity index (χ3v) is 9.00. The van der Waals surface area contributed by atoms with Gasteiger partial charge in [0.15, 0.2) is 6.40 Å². The molecule has 45 heavy (non-hydrogen) atoms. The number of unbranched alkanes of at least 4 members (excludes halogenated alkanes) is 3. The van der Waals surface area contributed by atoms with E-state index in [-0.39, 0.29) is 42.8 Å². The maximum absolute atomic E-state index is 12.8. The number of aliphatic imine (C=N–C) groups is 1. The second kappa shape index (κ2) is 20.3. The lowest BCUT2D eigenvalue weighted by atomic mass is 10.2. The van der Waals surface area contributed by atoms with E-state index in [0.717, 1.165) is 32.1 Å². The van der Waals surface area contributed by atoms with E-state index in [1.165, 1.54) is 29.3 Å². The number of aromatic nitrogens is 2. The van der Waals surface area contributed by atoms with Gasteiger partial charge in [0.2, 0.25) is 11.8 Å². The fourth-order valence-electron chi connectivity index (χ4n) is 4.77. The Kier molecular flexibility index (Phi) is 16.5.